The number of carbonyl (C=O) groups excluding carboxylic acids is 1. The summed E-state index contributed by atoms with van der Waals surface area (Å²) in [5.74, 6) is 0.129. The van der Waals surface area contributed by atoms with Crippen LogP contribution in [0, 0.1) is 0 Å². The quantitative estimate of drug-likeness (QED) is 0.794. The zero-order valence-electron chi connectivity index (χ0n) is 19.0. The van der Waals surface area contributed by atoms with Crippen molar-refractivity contribution in [2.75, 3.05) is 45.9 Å². The van der Waals surface area contributed by atoms with Crippen LogP contribution in [-0.2, 0) is 14.9 Å². The molecule has 29 heavy (non-hydrogen) atoms. The third kappa shape index (κ3) is 5.80. The van der Waals surface area contributed by atoms with Gasteiger partial charge in [-0.25, -0.2) is 0 Å². The van der Waals surface area contributed by atoms with Gasteiger partial charge in [-0.3, -0.25) is 14.6 Å². The van der Waals surface area contributed by atoms with Crippen molar-refractivity contribution in [2.45, 2.75) is 64.5 Å². The predicted molar refractivity (Wildman–Crippen MR) is 118 cm³/mol. The number of rotatable bonds is 6. The average Bonchev–Trinajstić information content (AvgIpc) is 3.15. The maximum atomic E-state index is 12.7. The normalized spacial score (nSPS) is 22.0. The molecule has 3 rings (SSSR count). The summed E-state index contributed by atoms with van der Waals surface area (Å²) in [7, 11) is 0. The number of nitrogens with one attached hydrogen (secondary N) is 1. The van der Waals surface area contributed by atoms with E-state index in [0.717, 1.165) is 45.7 Å². The number of morpholine rings is 1. The van der Waals surface area contributed by atoms with Crippen LogP contribution in [0.1, 0.15) is 64.6 Å². The number of nitrogens with zero attached hydrogens (tertiary/aromatic N) is 2. The van der Waals surface area contributed by atoms with Gasteiger partial charge in [0.05, 0.1) is 19.8 Å². The van der Waals surface area contributed by atoms with Gasteiger partial charge in [0.1, 0.15) is 0 Å². The third-order valence-electron chi connectivity index (χ3n) is 6.46. The molecule has 1 amide bonds. The zero-order chi connectivity index (χ0) is 21.1. The lowest BCUT2D eigenvalue weighted by Gasteiger charge is -2.41. The number of hydrogen-bond donors (Lipinski definition) is 1. The number of amides is 1. The SMILES string of the molecule is CC(C)(C)c1ccc(C2CCCN2CC(=O)NCC(C)(C)N2CCOCC2)cc1. The molecular formula is C24H39N3O2. The first-order chi connectivity index (χ1) is 13.7. The summed E-state index contributed by atoms with van der Waals surface area (Å²) in [5, 5.41) is 3.19. The highest BCUT2D eigenvalue weighted by atomic mass is 16.5. The van der Waals surface area contributed by atoms with Crippen molar-refractivity contribution in [1.29, 1.82) is 0 Å². The summed E-state index contributed by atoms with van der Waals surface area (Å²) in [6.07, 6.45) is 2.28. The summed E-state index contributed by atoms with van der Waals surface area (Å²) in [4.78, 5) is 17.4. The van der Waals surface area contributed by atoms with E-state index in [1.54, 1.807) is 0 Å². The van der Waals surface area contributed by atoms with Gasteiger partial charge in [-0.2, -0.15) is 0 Å². The topological polar surface area (TPSA) is 44.8 Å². The van der Waals surface area contributed by atoms with Crippen LogP contribution < -0.4 is 5.32 Å². The minimum absolute atomic E-state index is 0.0490. The number of ether oxygens (including phenoxy) is 1. The van der Waals surface area contributed by atoms with Crippen molar-refractivity contribution in [1.82, 2.24) is 15.1 Å². The highest BCUT2D eigenvalue weighted by Crippen LogP contribution is 2.33. The molecule has 5 nitrogen and oxygen atoms in total. The van der Waals surface area contributed by atoms with Gasteiger partial charge >= 0.3 is 0 Å². The van der Waals surface area contributed by atoms with E-state index in [9.17, 15) is 4.79 Å². The molecule has 1 unspecified atom stereocenters. The highest BCUT2D eigenvalue weighted by Gasteiger charge is 2.31. The van der Waals surface area contributed by atoms with Gasteiger partial charge in [-0.15, -0.1) is 0 Å². The lowest BCUT2D eigenvalue weighted by atomic mass is 9.86. The van der Waals surface area contributed by atoms with Gasteiger partial charge in [0.15, 0.2) is 0 Å². The Morgan fingerprint density at radius 2 is 1.72 bits per heavy atom. The molecule has 2 saturated heterocycles. The molecule has 0 aromatic heterocycles. The second-order valence-electron chi connectivity index (χ2n) is 10.2. The number of benzene rings is 1. The fourth-order valence-electron chi connectivity index (χ4n) is 4.43. The first-order valence-corrected chi connectivity index (χ1v) is 11.1. The maximum absolute atomic E-state index is 12.7. The summed E-state index contributed by atoms with van der Waals surface area (Å²) in [6, 6.07) is 9.35. The fourth-order valence-corrected chi connectivity index (χ4v) is 4.43. The molecule has 1 atom stereocenters. The largest absolute Gasteiger partial charge is 0.379 e. The van der Waals surface area contributed by atoms with Crippen LogP contribution in [0.25, 0.3) is 0 Å². The molecule has 0 saturated carbocycles. The van der Waals surface area contributed by atoms with E-state index in [0.29, 0.717) is 19.1 Å². The highest BCUT2D eigenvalue weighted by molar-refractivity contribution is 5.78. The standard InChI is InChI=1S/C24H39N3O2/c1-23(2,3)20-10-8-19(9-11-20)21-7-6-12-26(21)17-22(28)25-18-24(4,5)27-13-15-29-16-14-27/h8-11,21H,6-7,12-18H2,1-5H3,(H,25,28). The van der Waals surface area contributed by atoms with Gasteiger partial charge < -0.3 is 10.1 Å². The molecule has 0 aliphatic carbocycles. The average molecular weight is 402 g/mol. The van der Waals surface area contributed by atoms with Crippen molar-refractivity contribution in [3.05, 3.63) is 35.4 Å². The van der Waals surface area contributed by atoms with Crippen molar-refractivity contribution in [3.8, 4) is 0 Å². The zero-order valence-corrected chi connectivity index (χ0v) is 19.0. The van der Waals surface area contributed by atoms with Crippen LogP contribution in [0.5, 0.6) is 0 Å². The van der Waals surface area contributed by atoms with E-state index < -0.39 is 0 Å². The predicted octanol–water partition coefficient (Wildman–Crippen LogP) is 3.35. The number of carbonyl (C=O) groups is 1. The van der Waals surface area contributed by atoms with Crippen molar-refractivity contribution in [2.24, 2.45) is 0 Å². The Labute approximate surface area is 176 Å². The molecule has 1 aromatic carbocycles. The summed E-state index contributed by atoms with van der Waals surface area (Å²) >= 11 is 0. The van der Waals surface area contributed by atoms with E-state index in [4.69, 9.17) is 4.74 Å². The Morgan fingerprint density at radius 3 is 2.34 bits per heavy atom. The monoisotopic (exact) mass is 401 g/mol. The second-order valence-corrected chi connectivity index (χ2v) is 10.2. The molecule has 0 radical (unpaired) electrons. The minimum atomic E-state index is -0.0490. The molecule has 1 N–H and O–H groups in total. The van der Waals surface area contributed by atoms with E-state index in [-0.39, 0.29) is 16.9 Å². The molecule has 0 spiro atoms. The van der Waals surface area contributed by atoms with Gasteiger partial charge in [-0.1, -0.05) is 45.0 Å². The van der Waals surface area contributed by atoms with Crippen molar-refractivity contribution in [3.63, 3.8) is 0 Å². The number of hydrogen-bond acceptors (Lipinski definition) is 4. The molecule has 0 bridgehead atoms. The number of likely N-dealkylation sites (tertiary alicyclic amines) is 1. The lowest BCUT2D eigenvalue weighted by Crippen LogP contribution is -2.56. The van der Waals surface area contributed by atoms with E-state index >= 15 is 0 Å². The van der Waals surface area contributed by atoms with E-state index in [1.807, 2.05) is 0 Å². The minimum Gasteiger partial charge on any atom is -0.379 e. The van der Waals surface area contributed by atoms with Crippen molar-refractivity contribution < 1.29 is 9.53 Å². The van der Waals surface area contributed by atoms with Crippen LogP contribution in [-0.4, -0.2) is 67.2 Å². The third-order valence-corrected chi connectivity index (χ3v) is 6.46. The van der Waals surface area contributed by atoms with E-state index in [1.165, 1.54) is 11.1 Å². The first-order valence-electron chi connectivity index (χ1n) is 11.1. The van der Waals surface area contributed by atoms with Gasteiger partial charge in [0.2, 0.25) is 5.91 Å². The Morgan fingerprint density at radius 1 is 1.07 bits per heavy atom. The van der Waals surface area contributed by atoms with E-state index in [2.05, 4.69) is 74.0 Å². The molecule has 162 valence electrons. The molecular weight excluding hydrogens is 362 g/mol. The Kier molecular flexibility index (Phi) is 7.02. The maximum Gasteiger partial charge on any atom is 0.234 e. The lowest BCUT2D eigenvalue weighted by molar-refractivity contribution is -0.123. The summed E-state index contributed by atoms with van der Waals surface area (Å²) < 4.78 is 5.45. The van der Waals surface area contributed by atoms with Crippen LogP contribution in [0.2, 0.25) is 0 Å². The van der Waals surface area contributed by atoms with Gasteiger partial charge in [0.25, 0.3) is 0 Å². The van der Waals surface area contributed by atoms with Gasteiger partial charge in [-0.05, 0) is 49.8 Å². The van der Waals surface area contributed by atoms with Crippen LogP contribution in [0.3, 0.4) is 0 Å². The molecule has 5 heteroatoms. The smallest absolute Gasteiger partial charge is 0.234 e. The Balaban J connectivity index is 1.54. The fraction of sp³-hybridized carbons (Fsp3) is 0.708. The molecule has 2 aliphatic rings. The van der Waals surface area contributed by atoms with Crippen LogP contribution >= 0.6 is 0 Å². The molecule has 2 heterocycles. The Bertz CT molecular complexity index is 672. The second kappa shape index (κ2) is 9.15. The molecule has 1 aromatic rings. The van der Waals surface area contributed by atoms with Crippen LogP contribution in [0.15, 0.2) is 24.3 Å². The van der Waals surface area contributed by atoms with Crippen molar-refractivity contribution >= 4 is 5.91 Å². The molecule has 2 fully saturated rings. The summed E-state index contributed by atoms with van der Waals surface area (Å²) in [5.41, 5.74) is 2.80. The van der Waals surface area contributed by atoms with Crippen LogP contribution in [0.4, 0.5) is 0 Å². The summed E-state index contributed by atoms with van der Waals surface area (Å²) in [6.45, 7) is 16.7. The molecule has 2 aliphatic heterocycles. The first kappa shape index (κ1) is 22.3. The van der Waals surface area contributed by atoms with Gasteiger partial charge in [0, 0.05) is 31.2 Å². The Hall–Kier alpha value is -1.43.